The fraction of sp³-hybridized carbons (Fsp3) is 0. The highest BCUT2D eigenvalue weighted by Gasteiger charge is 2.25. The van der Waals surface area contributed by atoms with Crippen LogP contribution in [0.3, 0.4) is 0 Å². The Balaban J connectivity index is 1.16. The summed E-state index contributed by atoms with van der Waals surface area (Å²) in [7, 11) is 0. The van der Waals surface area contributed by atoms with E-state index in [4.69, 9.17) is 13.8 Å². The lowest BCUT2D eigenvalue weighted by Crippen LogP contribution is -2.10. The first kappa shape index (κ1) is 32.7. The lowest BCUT2D eigenvalue weighted by Gasteiger charge is -2.27. The van der Waals surface area contributed by atoms with Crippen molar-refractivity contribution < 1.29 is 8.83 Å². The number of benzene rings is 9. The van der Waals surface area contributed by atoms with E-state index in [2.05, 4.69) is 169 Å². The minimum Gasteiger partial charge on any atom is -0.455 e. The smallest absolute Gasteiger partial charge is 0.227 e. The Kier molecular flexibility index (Phi) is 7.78. The number of aromatic nitrogens is 1. The molecule has 0 unspecified atom stereocenters. The maximum atomic E-state index is 6.76. The van der Waals surface area contributed by atoms with E-state index < -0.39 is 0 Å². The minimum atomic E-state index is 0.572. The van der Waals surface area contributed by atoms with Gasteiger partial charge in [-0.2, -0.15) is 0 Å². The van der Waals surface area contributed by atoms with Crippen molar-refractivity contribution in [2.45, 2.75) is 0 Å². The van der Waals surface area contributed by atoms with E-state index in [0.717, 1.165) is 72.3 Å². The quantitative estimate of drug-likeness (QED) is 0.164. The second-order valence-electron chi connectivity index (χ2n) is 14.3. The number of nitrogens with zero attached hydrogens (tertiary/aromatic N) is 2. The summed E-state index contributed by atoms with van der Waals surface area (Å²) in [6, 6.07) is 72.3. The van der Waals surface area contributed by atoms with Crippen molar-refractivity contribution in [1.82, 2.24) is 4.98 Å². The SMILES string of the molecule is c1ccc(-c2ccc(N(c3ccc(-c4c5oc(-c6ccccc6)nc5cc5c4oc4ccccc45)c(-c4ccccc4)c3)c3ccc4ccccc4c3)cc2)cc1. The maximum absolute atomic E-state index is 6.76. The molecule has 2 aromatic heterocycles. The Hall–Kier alpha value is -7.69. The van der Waals surface area contributed by atoms with Crippen LogP contribution in [-0.4, -0.2) is 4.98 Å². The van der Waals surface area contributed by atoms with Gasteiger partial charge in [0.05, 0.1) is 5.56 Å². The van der Waals surface area contributed by atoms with Gasteiger partial charge in [0.25, 0.3) is 0 Å². The molecule has 0 aliphatic carbocycles. The molecule has 57 heavy (non-hydrogen) atoms. The molecule has 0 saturated carbocycles. The molecule has 0 fully saturated rings. The van der Waals surface area contributed by atoms with Crippen LogP contribution in [0.2, 0.25) is 0 Å². The molecule has 9 aromatic carbocycles. The monoisotopic (exact) mass is 730 g/mol. The summed E-state index contributed by atoms with van der Waals surface area (Å²) in [5, 5.41) is 4.42. The Morgan fingerprint density at radius 2 is 0.965 bits per heavy atom. The summed E-state index contributed by atoms with van der Waals surface area (Å²) in [4.78, 5) is 7.41. The number of para-hydroxylation sites is 1. The van der Waals surface area contributed by atoms with Crippen molar-refractivity contribution in [3.8, 4) is 44.8 Å². The Bertz CT molecular complexity index is 3220. The largest absolute Gasteiger partial charge is 0.455 e. The summed E-state index contributed by atoms with van der Waals surface area (Å²) in [5.74, 6) is 0.572. The first-order valence-corrected chi connectivity index (χ1v) is 19.2. The molecule has 0 spiro atoms. The summed E-state index contributed by atoms with van der Waals surface area (Å²) in [5.41, 5.74) is 13.5. The maximum Gasteiger partial charge on any atom is 0.227 e. The lowest BCUT2D eigenvalue weighted by atomic mass is 9.92. The van der Waals surface area contributed by atoms with Gasteiger partial charge in [0.2, 0.25) is 5.89 Å². The van der Waals surface area contributed by atoms with E-state index in [0.29, 0.717) is 11.5 Å². The van der Waals surface area contributed by atoms with Gasteiger partial charge in [-0.3, -0.25) is 0 Å². The molecule has 11 aromatic rings. The van der Waals surface area contributed by atoms with Crippen LogP contribution in [0, 0.1) is 0 Å². The van der Waals surface area contributed by atoms with Crippen LogP contribution >= 0.6 is 0 Å². The first-order valence-electron chi connectivity index (χ1n) is 19.2. The van der Waals surface area contributed by atoms with Gasteiger partial charge in [0.1, 0.15) is 16.7 Å². The molecule has 0 aliphatic rings. The molecule has 0 amide bonds. The summed E-state index contributed by atoms with van der Waals surface area (Å²) >= 11 is 0. The van der Waals surface area contributed by atoms with Gasteiger partial charge in [-0.1, -0.05) is 146 Å². The number of furan rings is 1. The van der Waals surface area contributed by atoms with Crippen LogP contribution in [0.1, 0.15) is 0 Å². The average molecular weight is 731 g/mol. The van der Waals surface area contributed by atoms with Gasteiger partial charge in [-0.05, 0) is 99.3 Å². The zero-order valence-electron chi connectivity index (χ0n) is 30.8. The molecule has 268 valence electrons. The first-order chi connectivity index (χ1) is 28.2. The highest BCUT2D eigenvalue weighted by molar-refractivity contribution is 6.18. The molecule has 4 heteroatoms. The van der Waals surface area contributed by atoms with Gasteiger partial charge < -0.3 is 13.7 Å². The second kappa shape index (κ2) is 13.6. The van der Waals surface area contributed by atoms with Gasteiger partial charge in [0, 0.05) is 33.4 Å². The van der Waals surface area contributed by atoms with Crippen LogP contribution in [0.4, 0.5) is 17.1 Å². The summed E-state index contributed by atoms with van der Waals surface area (Å²) in [6.45, 7) is 0. The van der Waals surface area contributed by atoms with E-state index >= 15 is 0 Å². The van der Waals surface area contributed by atoms with E-state index in [1.165, 1.54) is 21.9 Å². The zero-order chi connectivity index (χ0) is 37.7. The van der Waals surface area contributed by atoms with Crippen LogP contribution in [0.5, 0.6) is 0 Å². The van der Waals surface area contributed by atoms with E-state index in [1.54, 1.807) is 0 Å². The second-order valence-corrected chi connectivity index (χ2v) is 14.3. The Morgan fingerprint density at radius 3 is 1.74 bits per heavy atom. The molecule has 0 atom stereocenters. The van der Waals surface area contributed by atoms with Crippen LogP contribution in [0.15, 0.2) is 215 Å². The van der Waals surface area contributed by atoms with Gasteiger partial charge in [0.15, 0.2) is 5.58 Å². The molecule has 0 bridgehead atoms. The summed E-state index contributed by atoms with van der Waals surface area (Å²) in [6.07, 6.45) is 0. The molecule has 4 nitrogen and oxygen atoms in total. The standard InChI is InChI=1S/C53H34N2O2/c1-4-14-35(15-5-1)37-24-27-41(28-25-37)55(42-29-26-36-16-10-11-21-40(36)32-42)43-30-31-45(46(33-43)38-17-6-2-7-18-38)50-51-47(44-22-12-13-23-49(44)56-51)34-48-52(50)57-53(54-48)39-19-8-3-9-20-39/h1-34H. The zero-order valence-corrected chi connectivity index (χ0v) is 30.8. The third-order valence-corrected chi connectivity index (χ3v) is 10.9. The predicted molar refractivity (Wildman–Crippen MR) is 235 cm³/mol. The molecule has 0 N–H and O–H groups in total. The average Bonchev–Trinajstić information content (AvgIpc) is 3.88. The minimum absolute atomic E-state index is 0.572. The fourth-order valence-electron chi connectivity index (χ4n) is 8.13. The summed E-state index contributed by atoms with van der Waals surface area (Å²) < 4.78 is 13.5. The third-order valence-electron chi connectivity index (χ3n) is 10.9. The van der Waals surface area contributed by atoms with Gasteiger partial charge in [-0.25, -0.2) is 4.98 Å². The van der Waals surface area contributed by atoms with Crippen LogP contribution < -0.4 is 4.90 Å². The third kappa shape index (κ3) is 5.74. The number of anilines is 3. The van der Waals surface area contributed by atoms with E-state index in [1.807, 2.05) is 42.5 Å². The predicted octanol–water partition coefficient (Wildman–Crippen LogP) is 15.0. The topological polar surface area (TPSA) is 42.4 Å². The highest BCUT2D eigenvalue weighted by Crippen LogP contribution is 2.47. The normalized spacial score (nSPS) is 11.5. The molecule has 0 radical (unpaired) electrons. The Labute approximate surface area is 329 Å². The number of fused-ring (bicyclic) bond motifs is 5. The number of oxazole rings is 1. The highest BCUT2D eigenvalue weighted by atomic mass is 16.4. The fourth-order valence-corrected chi connectivity index (χ4v) is 8.13. The molecular formula is C53H34N2O2. The Morgan fingerprint density at radius 1 is 0.368 bits per heavy atom. The molecule has 0 aliphatic heterocycles. The van der Waals surface area contributed by atoms with Crippen LogP contribution in [-0.2, 0) is 0 Å². The van der Waals surface area contributed by atoms with Gasteiger partial charge >= 0.3 is 0 Å². The number of rotatable bonds is 7. The van der Waals surface area contributed by atoms with E-state index in [9.17, 15) is 0 Å². The van der Waals surface area contributed by atoms with Crippen molar-refractivity contribution in [2.75, 3.05) is 4.90 Å². The number of hydrogen-bond donors (Lipinski definition) is 0. The van der Waals surface area contributed by atoms with Crippen molar-refractivity contribution in [3.63, 3.8) is 0 Å². The van der Waals surface area contributed by atoms with Crippen molar-refractivity contribution in [3.05, 3.63) is 206 Å². The molecule has 0 saturated heterocycles. The molecular weight excluding hydrogens is 697 g/mol. The van der Waals surface area contributed by atoms with Crippen molar-refractivity contribution >= 4 is 60.9 Å². The van der Waals surface area contributed by atoms with Crippen LogP contribution in [0.25, 0.3) is 88.6 Å². The van der Waals surface area contributed by atoms with E-state index in [-0.39, 0.29) is 0 Å². The molecule has 2 heterocycles. The van der Waals surface area contributed by atoms with Gasteiger partial charge in [-0.15, -0.1) is 0 Å². The van der Waals surface area contributed by atoms with Crippen molar-refractivity contribution in [2.24, 2.45) is 0 Å². The number of hydrogen-bond acceptors (Lipinski definition) is 4. The van der Waals surface area contributed by atoms with Crippen molar-refractivity contribution in [1.29, 1.82) is 0 Å². The lowest BCUT2D eigenvalue weighted by molar-refractivity contribution is 0.619. The molecule has 11 rings (SSSR count).